The highest BCUT2D eigenvalue weighted by atomic mass is 35.5. The van der Waals surface area contributed by atoms with Crippen molar-refractivity contribution in [3.8, 4) is 11.5 Å². The van der Waals surface area contributed by atoms with Crippen molar-refractivity contribution in [2.75, 3.05) is 31.5 Å². The first-order chi connectivity index (χ1) is 17.5. The average Bonchev–Trinajstić information content (AvgIpc) is 3.20. The lowest BCUT2D eigenvalue weighted by molar-refractivity contribution is 0.0941. The van der Waals surface area contributed by atoms with E-state index in [9.17, 15) is 4.79 Å². The number of ether oxygens (including phenoxy) is 1. The molecule has 2 aromatic heterocycles. The minimum absolute atomic E-state index is 0.199. The summed E-state index contributed by atoms with van der Waals surface area (Å²) in [6.07, 6.45) is 5.36. The third kappa shape index (κ3) is 5.78. The third-order valence-electron chi connectivity index (χ3n) is 6.31. The Morgan fingerprint density at radius 2 is 1.81 bits per heavy atom. The zero-order valence-corrected chi connectivity index (χ0v) is 21.0. The lowest BCUT2D eigenvalue weighted by atomic mass is 10.1. The second-order valence-corrected chi connectivity index (χ2v) is 9.35. The van der Waals surface area contributed by atoms with Crippen molar-refractivity contribution in [2.24, 2.45) is 7.05 Å². The van der Waals surface area contributed by atoms with Crippen LogP contribution in [-0.4, -0.2) is 51.5 Å². The summed E-state index contributed by atoms with van der Waals surface area (Å²) in [5.41, 5.74) is 2.98. The highest BCUT2D eigenvalue weighted by Gasteiger charge is 2.13. The molecule has 2 aromatic carbocycles. The maximum Gasteiger partial charge on any atom is 0.270 e. The number of hydrogen-bond acceptors (Lipinski definition) is 6. The van der Waals surface area contributed by atoms with Crippen molar-refractivity contribution in [3.63, 3.8) is 0 Å². The minimum Gasteiger partial charge on any atom is -0.457 e. The second kappa shape index (κ2) is 11.0. The second-order valence-electron chi connectivity index (χ2n) is 8.91. The van der Waals surface area contributed by atoms with E-state index in [2.05, 4.69) is 20.5 Å². The normalized spacial score (nSPS) is 14.1. The number of aryl methyl sites for hydroxylation is 1. The van der Waals surface area contributed by atoms with Gasteiger partial charge in [0.05, 0.1) is 11.0 Å². The lowest BCUT2D eigenvalue weighted by Gasteiger charge is -2.26. The van der Waals surface area contributed by atoms with E-state index in [0.29, 0.717) is 34.7 Å². The van der Waals surface area contributed by atoms with Crippen molar-refractivity contribution < 1.29 is 9.53 Å². The van der Waals surface area contributed by atoms with Crippen LogP contribution in [0.1, 0.15) is 29.8 Å². The van der Waals surface area contributed by atoms with Gasteiger partial charge in [0.15, 0.2) is 0 Å². The van der Waals surface area contributed by atoms with Crippen LogP contribution in [0.15, 0.2) is 60.8 Å². The summed E-state index contributed by atoms with van der Waals surface area (Å²) in [5, 5.41) is 6.96. The number of benzene rings is 2. The number of piperidine rings is 1. The van der Waals surface area contributed by atoms with Gasteiger partial charge in [0.25, 0.3) is 5.91 Å². The topological polar surface area (TPSA) is 84.3 Å². The first kappa shape index (κ1) is 24.1. The lowest BCUT2D eigenvalue weighted by Crippen LogP contribution is -2.37. The first-order valence-electron chi connectivity index (χ1n) is 12.2. The van der Waals surface area contributed by atoms with Gasteiger partial charge in [-0.2, -0.15) is 0 Å². The predicted molar refractivity (Wildman–Crippen MR) is 142 cm³/mol. The van der Waals surface area contributed by atoms with E-state index in [4.69, 9.17) is 21.3 Å². The number of likely N-dealkylation sites (tertiary alicyclic amines) is 1. The van der Waals surface area contributed by atoms with Crippen LogP contribution in [0.2, 0.25) is 5.02 Å². The highest BCUT2D eigenvalue weighted by Crippen LogP contribution is 2.28. The van der Waals surface area contributed by atoms with Gasteiger partial charge in [0, 0.05) is 49.2 Å². The molecule has 1 saturated heterocycles. The summed E-state index contributed by atoms with van der Waals surface area (Å²) >= 11 is 5.98. The SMILES string of the molecule is Cn1c(Nc2ccc(Cl)cc2)nc2cc(Oc3ccnc(C(=O)NCCN4CCCCC4)c3)ccc21. The Balaban J connectivity index is 1.24. The molecule has 0 atom stereocenters. The standard InChI is InChI=1S/C27H29ClN6O2/c1-33-25-10-9-21(17-23(25)32-27(33)31-20-7-5-19(28)6-8-20)36-22-11-12-29-24(18-22)26(35)30-13-16-34-14-3-2-4-15-34/h5-12,17-18H,2-4,13-16H2,1H3,(H,30,35)(H,31,32). The number of nitrogens with one attached hydrogen (secondary N) is 2. The molecule has 1 amide bonds. The maximum atomic E-state index is 12.6. The summed E-state index contributed by atoms with van der Waals surface area (Å²) in [5.74, 6) is 1.68. The molecule has 8 nitrogen and oxygen atoms in total. The van der Waals surface area contributed by atoms with E-state index in [1.165, 1.54) is 19.3 Å². The van der Waals surface area contributed by atoms with Gasteiger partial charge in [0.1, 0.15) is 17.2 Å². The van der Waals surface area contributed by atoms with E-state index >= 15 is 0 Å². The Bertz CT molecular complexity index is 1350. The number of carbonyl (C=O) groups is 1. The number of aromatic nitrogens is 3. The first-order valence-corrected chi connectivity index (χ1v) is 12.6. The van der Waals surface area contributed by atoms with Crippen molar-refractivity contribution in [2.45, 2.75) is 19.3 Å². The number of halogens is 1. The van der Waals surface area contributed by atoms with Gasteiger partial charge in [-0.25, -0.2) is 4.98 Å². The number of fused-ring (bicyclic) bond motifs is 1. The van der Waals surface area contributed by atoms with Gasteiger partial charge >= 0.3 is 0 Å². The van der Waals surface area contributed by atoms with Crippen LogP contribution in [0.3, 0.4) is 0 Å². The molecule has 3 heterocycles. The van der Waals surface area contributed by atoms with E-state index in [0.717, 1.165) is 36.4 Å². The fourth-order valence-corrected chi connectivity index (χ4v) is 4.48. The Morgan fingerprint density at radius 3 is 2.61 bits per heavy atom. The van der Waals surface area contributed by atoms with Crippen molar-refractivity contribution in [3.05, 3.63) is 71.5 Å². The van der Waals surface area contributed by atoms with Crippen LogP contribution < -0.4 is 15.4 Å². The minimum atomic E-state index is -0.199. The maximum absolute atomic E-state index is 12.6. The van der Waals surface area contributed by atoms with Crippen molar-refractivity contribution in [1.29, 1.82) is 0 Å². The van der Waals surface area contributed by atoms with Crippen molar-refractivity contribution in [1.82, 2.24) is 24.8 Å². The van der Waals surface area contributed by atoms with Crippen LogP contribution in [0.5, 0.6) is 11.5 Å². The molecule has 1 aliphatic rings. The number of anilines is 2. The largest absolute Gasteiger partial charge is 0.457 e. The zero-order chi connectivity index (χ0) is 24.9. The summed E-state index contributed by atoms with van der Waals surface area (Å²) in [6.45, 7) is 3.68. The third-order valence-corrected chi connectivity index (χ3v) is 6.57. The van der Waals surface area contributed by atoms with E-state index in [-0.39, 0.29) is 5.91 Å². The smallest absolute Gasteiger partial charge is 0.270 e. The van der Waals surface area contributed by atoms with Crippen molar-refractivity contribution >= 4 is 40.2 Å². The summed E-state index contributed by atoms with van der Waals surface area (Å²) < 4.78 is 8.02. The summed E-state index contributed by atoms with van der Waals surface area (Å²) in [7, 11) is 1.95. The van der Waals surface area contributed by atoms with Gasteiger partial charge in [-0.1, -0.05) is 18.0 Å². The number of rotatable bonds is 8. The molecular weight excluding hydrogens is 476 g/mol. The molecule has 186 valence electrons. The quantitative estimate of drug-likeness (QED) is 0.335. The highest BCUT2D eigenvalue weighted by molar-refractivity contribution is 6.30. The predicted octanol–water partition coefficient (Wildman–Crippen LogP) is 5.37. The van der Waals surface area contributed by atoms with Gasteiger partial charge in [-0.15, -0.1) is 0 Å². The Morgan fingerprint density at radius 1 is 1.03 bits per heavy atom. The molecule has 0 unspecified atom stereocenters. The molecule has 0 radical (unpaired) electrons. The van der Waals surface area contributed by atoms with E-state index in [1.807, 2.05) is 54.1 Å². The molecule has 0 saturated carbocycles. The molecule has 0 aliphatic carbocycles. The van der Waals surface area contributed by atoms with E-state index in [1.54, 1.807) is 18.3 Å². The van der Waals surface area contributed by atoms with Crippen LogP contribution in [0.4, 0.5) is 11.6 Å². The molecule has 36 heavy (non-hydrogen) atoms. The summed E-state index contributed by atoms with van der Waals surface area (Å²) in [4.78, 5) is 23.9. The molecule has 0 bridgehead atoms. The van der Waals surface area contributed by atoms with Gasteiger partial charge < -0.3 is 24.8 Å². The van der Waals surface area contributed by atoms with Crippen LogP contribution >= 0.6 is 11.6 Å². The number of hydrogen-bond donors (Lipinski definition) is 2. The molecule has 2 N–H and O–H groups in total. The van der Waals surface area contributed by atoms with Crippen LogP contribution in [0, 0.1) is 0 Å². The van der Waals surface area contributed by atoms with E-state index < -0.39 is 0 Å². The molecule has 0 spiro atoms. The average molecular weight is 505 g/mol. The molecular formula is C27H29ClN6O2. The fourth-order valence-electron chi connectivity index (χ4n) is 4.35. The molecule has 4 aromatic rings. The number of nitrogens with zero attached hydrogens (tertiary/aromatic N) is 4. The number of imidazole rings is 1. The fraction of sp³-hybridized carbons (Fsp3) is 0.296. The number of amides is 1. The Hall–Kier alpha value is -3.62. The Kier molecular flexibility index (Phi) is 7.34. The molecule has 9 heteroatoms. The van der Waals surface area contributed by atoms with Crippen LogP contribution in [0.25, 0.3) is 11.0 Å². The van der Waals surface area contributed by atoms with Crippen LogP contribution in [-0.2, 0) is 7.05 Å². The monoisotopic (exact) mass is 504 g/mol. The molecule has 1 fully saturated rings. The van der Waals surface area contributed by atoms with Gasteiger partial charge in [-0.3, -0.25) is 9.78 Å². The van der Waals surface area contributed by atoms with Gasteiger partial charge in [0.2, 0.25) is 5.95 Å². The number of pyridine rings is 1. The molecule has 5 rings (SSSR count). The Labute approximate surface area is 215 Å². The van der Waals surface area contributed by atoms with Gasteiger partial charge in [-0.05, 0) is 68.4 Å². The zero-order valence-electron chi connectivity index (χ0n) is 20.2. The number of carbonyl (C=O) groups excluding carboxylic acids is 1. The molecule has 1 aliphatic heterocycles. The summed E-state index contributed by atoms with van der Waals surface area (Å²) in [6, 6.07) is 16.6.